The zero-order valence-electron chi connectivity index (χ0n) is 11.0. The third-order valence-electron chi connectivity index (χ3n) is 2.98. The van der Waals surface area contributed by atoms with Gasteiger partial charge in [0.2, 0.25) is 12.7 Å². The summed E-state index contributed by atoms with van der Waals surface area (Å²) in [4.78, 5) is 23.6. The number of nitrogens with one attached hydrogen (secondary N) is 1. The molecular formula is C14H13N3O4. The SMILES string of the molecule is Nc1ccc(=O)n(CC(=O)Nc2ccc3c(c2)OCO3)c1. The number of amides is 1. The Kier molecular flexibility index (Phi) is 3.23. The molecule has 0 unspecified atom stereocenters. The summed E-state index contributed by atoms with van der Waals surface area (Å²) in [5.74, 6) is 0.885. The Labute approximate surface area is 119 Å². The molecule has 108 valence electrons. The third kappa shape index (κ3) is 2.81. The van der Waals surface area contributed by atoms with Gasteiger partial charge in [-0.25, -0.2) is 0 Å². The third-order valence-corrected chi connectivity index (χ3v) is 2.98. The van der Waals surface area contributed by atoms with Crippen molar-refractivity contribution in [1.29, 1.82) is 0 Å². The maximum absolute atomic E-state index is 12.0. The molecular weight excluding hydrogens is 274 g/mol. The number of nitrogens with two attached hydrogens (primary N) is 1. The van der Waals surface area contributed by atoms with Crippen LogP contribution in [0.15, 0.2) is 41.3 Å². The quantitative estimate of drug-likeness (QED) is 0.870. The van der Waals surface area contributed by atoms with Crippen LogP contribution in [-0.2, 0) is 11.3 Å². The van der Waals surface area contributed by atoms with Crippen LogP contribution in [0.1, 0.15) is 0 Å². The van der Waals surface area contributed by atoms with Crippen molar-refractivity contribution in [2.75, 3.05) is 17.8 Å². The summed E-state index contributed by atoms with van der Waals surface area (Å²) < 4.78 is 11.7. The van der Waals surface area contributed by atoms with Crippen molar-refractivity contribution in [3.05, 3.63) is 46.9 Å². The molecule has 21 heavy (non-hydrogen) atoms. The fraction of sp³-hybridized carbons (Fsp3) is 0.143. The fourth-order valence-electron chi connectivity index (χ4n) is 2.00. The Hall–Kier alpha value is -2.96. The first-order chi connectivity index (χ1) is 10.1. The van der Waals surface area contributed by atoms with Gasteiger partial charge in [-0.05, 0) is 18.2 Å². The highest BCUT2D eigenvalue weighted by atomic mass is 16.7. The van der Waals surface area contributed by atoms with Crippen molar-refractivity contribution in [2.24, 2.45) is 0 Å². The molecule has 1 aromatic carbocycles. The van der Waals surface area contributed by atoms with E-state index in [4.69, 9.17) is 15.2 Å². The standard InChI is InChI=1S/C14H13N3O4/c15-9-1-4-14(19)17(6-9)7-13(18)16-10-2-3-11-12(5-10)21-8-20-11/h1-6H,7-8,15H2,(H,16,18). The number of hydrogen-bond acceptors (Lipinski definition) is 5. The van der Waals surface area contributed by atoms with Crippen molar-refractivity contribution < 1.29 is 14.3 Å². The second-order valence-corrected chi connectivity index (χ2v) is 4.54. The van der Waals surface area contributed by atoms with E-state index in [1.807, 2.05) is 0 Å². The minimum absolute atomic E-state index is 0.113. The van der Waals surface area contributed by atoms with Gasteiger partial charge in [-0.15, -0.1) is 0 Å². The summed E-state index contributed by atoms with van der Waals surface area (Å²) in [5, 5.41) is 2.69. The van der Waals surface area contributed by atoms with Gasteiger partial charge in [0.15, 0.2) is 11.5 Å². The average molecular weight is 287 g/mol. The van der Waals surface area contributed by atoms with Gasteiger partial charge >= 0.3 is 0 Å². The zero-order valence-corrected chi connectivity index (χ0v) is 11.0. The smallest absolute Gasteiger partial charge is 0.251 e. The summed E-state index contributed by atoms with van der Waals surface area (Å²) in [6, 6.07) is 7.90. The number of aromatic nitrogens is 1. The highest BCUT2D eigenvalue weighted by Gasteiger charge is 2.14. The number of hydrogen-bond donors (Lipinski definition) is 2. The lowest BCUT2D eigenvalue weighted by Crippen LogP contribution is -2.26. The molecule has 1 aromatic heterocycles. The number of carbonyl (C=O) groups excluding carboxylic acids is 1. The first-order valence-electron chi connectivity index (χ1n) is 6.27. The van der Waals surface area contributed by atoms with Gasteiger partial charge in [0.05, 0.1) is 0 Å². The van der Waals surface area contributed by atoms with Crippen molar-refractivity contribution in [3.8, 4) is 11.5 Å². The Morgan fingerprint density at radius 2 is 2.05 bits per heavy atom. The summed E-state index contributed by atoms with van der Waals surface area (Å²) in [6.07, 6.45) is 1.43. The molecule has 0 saturated carbocycles. The van der Waals surface area contributed by atoms with Gasteiger partial charge in [-0.2, -0.15) is 0 Å². The van der Waals surface area contributed by atoms with Crippen molar-refractivity contribution >= 4 is 17.3 Å². The van der Waals surface area contributed by atoms with Crippen molar-refractivity contribution in [1.82, 2.24) is 4.57 Å². The van der Waals surface area contributed by atoms with Gasteiger partial charge in [-0.3, -0.25) is 9.59 Å². The van der Waals surface area contributed by atoms with E-state index in [1.165, 1.54) is 22.9 Å². The van der Waals surface area contributed by atoms with E-state index in [0.717, 1.165) is 0 Å². The topological polar surface area (TPSA) is 95.6 Å². The minimum Gasteiger partial charge on any atom is -0.454 e. The molecule has 1 aliphatic heterocycles. The lowest BCUT2D eigenvalue weighted by Gasteiger charge is -2.08. The van der Waals surface area contributed by atoms with Crippen molar-refractivity contribution in [2.45, 2.75) is 6.54 Å². The molecule has 2 aromatic rings. The van der Waals surface area contributed by atoms with Crippen LogP contribution in [0.2, 0.25) is 0 Å². The first-order valence-corrected chi connectivity index (χ1v) is 6.27. The van der Waals surface area contributed by atoms with E-state index in [1.54, 1.807) is 18.2 Å². The largest absolute Gasteiger partial charge is 0.454 e. The maximum Gasteiger partial charge on any atom is 0.251 e. The summed E-state index contributed by atoms with van der Waals surface area (Å²) in [5.41, 5.74) is 6.30. The molecule has 2 heterocycles. The highest BCUT2D eigenvalue weighted by molar-refractivity contribution is 5.91. The molecule has 1 aliphatic rings. The predicted octanol–water partition coefficient (Wildman–Crippen LogP) is 0.798. The monoisotopic (exact) mass is 287 g/mol. The van der Waals surface area contributed by atoms with Gasteiger partial charge in [0, 0.05) is 29.7 Å². The average Bonchev–Trinajstić information content (AvgIpc) is 2.90. The summed E-state index contributed by atoms with van der Waals surface area (Å²) in [6.45, 7) is 0.0593. The lowest BCUT2D eigenvalue weighted by atomic mass is 10.2. The first kappa shape index (κ1) is 13.0. The van der Waals surface area contributed by atoms with E-state index < -0.39 is 0 Å². The molecule has 0 saturated heterocycles. The second-order valence-electron chi connectivity index (χ2n) is 4.54. The number of nitrogen functional groups attached to an aromatic ring is 1. The predicted molar refractivity (Wildman–Crippen MR) is 76.3 cm³/mol. The number of fused-ring (bicyclic) bond motifs is 1. The Balaban J connectivity index is 1.72. The molecule has 7 heteroatoms. The molecule has 3 N–H and O–H groups in total. The van der Waals surface area contributed by atoms with Crippen LogP contribution >= 0.6 is 0 Å². The second kappa shape index (κ2) is 5.20. The Bertz CT molecular complexity index is 754. The van der Waals surface area contributed by atoms with Gasteiger partial charge < -0.3 is 25.1 Å². The van der Waals surface area contributed by atoms with E-state index in [-0.39, 0.29) is 24.8 Å². The number of anilines is 2. The number of ether oxygens (including phenoxy) is 2. The molecule has 3 rings (SSSR count). The Morgan fingerprint density at radius 3 is 2.90 bits per heavy atom. The van der Waals surface area contributed by atoms with Crippen LogP contribution in [0.5, 0.6) is 11.5 Å². The van der Waals surface area contributed by atoms with Crippen molar-refractivity contribution in [3.63, 3.8) is 0 Å². The number of rotatable bonds is 3. The molecule has 0 atom stereocenters. The van der Waals surface area contributed by atoms with Crippen LogP contribution in [0.25, 0.3) is 0 Å². The van der Waals surface area contributed by atoms with E-state index in [2.05, 4.69) is 5.32 Å². The number of carbonyl (C=O) groups is 1. The number of benzene rings is 1. The summed E-state index contributed by atoms with van der Waals surface area (Å²) >= 11 is 0. The fourth-order valence-corrected chi connectivity index (χ4v) is 2.00. The van der Waals surface area contributed by atoms with Crippen LogP contribution in [0.4, 0.5) is 11.4 Å². The van der Waals surface area contributed by atoms with Crippen LogP contribution < -0.4 is 26.1 Å². The molecule has 0 aliphatic carbocycles. The molecule has 0 fully saturated rings. The van der Waals surface area contributed by atoms with Gasteiger partial charge in [0.1, 0.15) is 6.54 Å². The van der Waals surface area contributed by atoms with Crippen LogP contribution in [-0.4, -0.2) is 17.3 Å². The summed E-state index contributed by atoms with van der Waals surface area (Å²) in [7, 11) is 0. The van der Waals surface area contributed by atoms with E-state index in [0.29, 0.717) is 22.9 Å². The van der Waals surface area contributed by atoms with Crippen LogP contribution in [0.3, 0.4) is 0 Å². The number of pyridine rings is 1. The maximum atomic E-state index is 12.0. The zero-order chi connectivity index (χ0) is 14.8. The molecule has 1 amide bonds. The lowest BCUT2D eigenvalue weighted by molar-refractivity contribution is -0.116. The van der Waals surface area contributed by atoms with Gasteiger partial charge in [-0.1, -0.05) is 0 Å². The van der Waals surface area contributed by atoms with Gasteiger partial charge in [0.25, 0.3) is 5.56 Å². The molecule has 0 bridgehead atoms. The normalized spacial score (nSPS) is 12.2. The van der Waals surface area contributed by atoms with Crippen LogP contribution in [0, 0.1) is 0 Å². The number of nitrogens with zero attached hydrogens (tertiary/aromatic N) is 1. The molecule has 0 spiro atoms. The molecule has 7 nitrogen and oxygen atoms in total. The van der Waals surface area contributed by atoms with E-state index in [9.17, 15) is 9.59 Å². The minimum atomic E-state index is -0.332. The highest BCUT2D eigenvalue weighted by Crippen LogP contribution is 2.34. The molecule has 0 radical (unpaired) electrons. The van der Waals surface area contributed by atoms with E-state index >= 15 is 0 Å². The Morgan fingerprint density at radius 1 is 1.24 bits per heavy atom.